The van der Waals surface area contributed by atoms with Crippen molar-refractivity contribution in [3.8, 4) is 0 Å². The second kappa shape index (κ2) is 7.12. The summed E-state index contributed by atoms with van der Waals surface area (Å²) in [6.07, 6.45) is -3.66. The molecule has 0 unspecified atom stereocenters. The first-order valence-corrected chi connectivity index (χ1v) is 6.93. The first-order valence-electron chi connectivity index (χ1n) is 6.93. The second-order valence-electron chi connectivity index (χ2n) is 4.89. The zero-order valence-corrected chi connectivity index (χ0v) is 12.6. The molecule has 0 bridgehead atoms. The molecule has 2 rings (SSSR count). The number of hydrogen-bond donors (Lipinski definition) is 2. The van der Waals surface area contributed by atoms with E-state index >= 15 is 0 Å². The molecular formula is C16H14F3N3O2. The van der Waals surface area contributed by atoms with Crippen LogP contribution >= 0.6 is 0 Å². The highest BCUT2D eigenvalue weighted by molar-refractivity contribution is 5.94. The number of rotatable bonds is 4. The number of nitrogens with one attached hydrogen (secondary N) is 2. The van der Waals surface area contributed by atoms with E-state index in [-0.39, 0.29) is 18.0 Å². The second-order valence-corrected chi connectivity index (χ2v) is 4.89. The number of benzene rings is 1. The Kier molecular flexibility index (Phi) is 5.18. The smallest absolute Gasteiger partial charge is 0.355 e. The van der Waals surface area contributed by atoms with Gasteiger partial charge >= 0.3 is 6.18 Å². The fourth-order valence-corrected chi connectivity index (χ4v) is 1.90. The van der Waals surface area contributed by atoms with E-state index in [2.05, 4.69) is 15.6 Å². The van der Waals surface area contributed by atoms with Gasteiger partial charge in [-0.25, -0.2) is 0 Å². The maximum atomic E-state index is 12.4. The molecule has 1 aromatic carbocycles. The lowest BCUT2D eigenvalue weighted by atomic mass is 10.1. The third kappa shape index (κ3) is 4.31. The Morgan fingerprint density at radius 1 is 1.00 bits per heavy atom. The largest absolute Gasteiger partial charge is 0.433 e. The van der Waals surface area contributed by atoms with E-state index in [9.17, 15) is 22.8 Å². The summed E-state index contributed by atoms with van der Waals surface area (Å²) >= 11 is 0. The molecule has 2 aromatic rings. The summed E-state index contributed by atoms with van der Waals surface area (Å²) in [7, 11) is 1.52. The molecule has 24 heavy (non-hydrogen) atoms. The van der Waals surface area contributed by atoms with Gasteiger partial charge in [-0.1, -0.05) is 12.1 Å². The SMILES string of the molecule is CNC(=O)c1ccc(CNC(=O)c2ccc(C(F)(F)F)nc2)cc1. The van der Waals surface area contributed by atoms with Crippen LogP contribution in [0.1, 0.15) is 32.0 Å². The highest BCUT2D eigenvalue weighted by Crippen LogP contribution is 2.27. The van der Waals surface area contributed by atoms with Gasteiger partial charge in [0.1, 0.15) is 5.69 Å². The summed E-state index contributed by atoms with van der Waals surface area (Å²) in [4.78, 5) is 26.5. The molecule has 0 saturated carbocycles. The highest BCUT2D eigenvalue weighted by Gasteiger charge is 2.32. The summed E-state index contributed by atoms with van der Waals surface area (Å²) in [6.45, 7) is 0.174. The Bertz CT molecular complexity index is 726. The minimum Gasteiger partial charge on any atom is -0.355 e. The van der Waals surface area contributed by atoms with Crippen molar-refractivity contribution in [2.45, 2.75) is 12.7 Å². The van der Waals surface area contributed by atoms with Crippen molar-refractivity contribution in [2.24, 2.45) is 0 Å². The molecule has 0 radical (unpaired) electrons. The number of amides is 2. The van der Waals surface area contributed by atoms with Crippen LogP contribution in [0.2, 0.25) is 0 Å². The molecule has 0 fully saturated rings. The molecule has 0 atom stereocenters. The molecule has 0 spiro atoms. The van der Waals surface area contributed by atoms with Gasteiger partial charge < -0.3 is 10.6 Å². The topological polar surface area (TPSA) is 71.1 Å². The lowest BCUT2D eigenvalue weighted by Gasteiger charge is -2.08. The lowest BCUT2D eigenvalue weighted by molar-refractivity contribution is -0.141. The minimum atomic E-state index is -4.54. The van der Waals surface area contributed by atoms with Gasteiger partial charge in [0.05, 0.1) is 5.56 Å². The van der Waals surface area contributed by atoms with E-state index in [1.165, 1.54) is 7.05 Å². The Morgan fingerprint density at radius 3 is 2.12 bits per heavy atom. The van der Waals surface area contributed by atoms with E-state index in [0.29, 0.717) is 5.56 Å². The predicted octanol–water partition coefficient (Wildman–Crippen LogP) is 2.39. The highest BCUT2D eigenvalue weighted by atomic mass is 19.4. The first kappa shape index (κ1) is 17.5. The van der Waals surface area contributed by atoms with Crippen molar-refractivity contribution >= 4 is 11.8 Å². The maximum Gasteiger partial charge on any atom is 0.433 e. The number of carbonyl (C=O) groups is 2. The lowest BCUT2D eigenvalue weighted by Crippen LogP contribution is -2.23. The molecular weight excluding hydrogens is 323 g/mol. The first-order chi connectivity index (χ1) is 11.3. The predicted molar refractivity (Wildman–Crippen MR) is 80.2 cm³/mol. The van der Waals surface area contributed by atoms with E-state index in [1.807, 2.05) is 0 Å². The molecule has 0 saturated heterocycles. The molecule has 0 aliphatic rings. The van der Waals surface area contributed by atoms with Crippen LogP contribution in [0.5, 0.6) is 0 Å². The van der Waals surface area contributed by atoms with Crippen molar-refractivity contribution in [1.29, 1.82) is 0 Å². The van der Waals surface area contributed by atoms with Crippen LogP contribution in [-0.4, -0.2) is 23.8 Å². The minimum absolute atomic E-state index is 0.0324. The quantitative estimate of drug-likeness (QED) is 0.900. The normalized spacial score (nSPS) is 11.0. The fourth-order valence-electron chi connectivity index (χ4n) is 1.90. The zero-order chi connectivity index (χ0) is 17.7. The van der Waals surface area contributed by atoms with Crippen LogP contribution in [0.15, 0.2) is 42.6 Å². The molecule has 8 heteroatoms. The molecule has 2 N–H and O–H groups in total. The van der Waals surface area contributed by atoms with Crippen molar-refractivity contribution in [2.75, 3.05) is 7.05 Å². The summed E-state index contributed by atoms with van der Waals surface area (Å²) in [5, 5.41) is 5.07. The molecule has 5 nitrogen and oxygen atoms in total. The number of pyridine rings is 1. The van der Waals surface area contributed by atoms with Crippen LogP contribution in [0.4, 0.5) is 13.2 Å². The van der Waals surface area contributed by atoms with Gasteiger partial charge in [0.25, 0.3) is 11.8 Å². The Hall–Kier alpha value is -2.90. The fraction of sp³-hybridized carbons (Fsp3) is 0.188. The molecule has 1 aromatic heterocycles. The third-order valence-electron chi connectivity index (χ3n) is 3.21. The number of halogens is 3. The average molecular weight is 337 g/mol. The Morgan fingerprint density at radius 2 is 1.62 bits per heavy atom. The van der Waals surface area contributed by atoms with Gasteiger partial charge in [0, 0.05) is 25.4 Å². The van der Waals surface area contributed by atoms with Gasteiger partial charge in [-0.15, -0.1) is 0 Å². The van der Waals surface area contributed by atoms with Gasteiger partial charge in [-0.3, -0.25) is 14.6 Å². The third-order valence-corrected chi connectivity index (χ3v) is 3.21. The summed E-state index contributed by atoms with van der Waals surface area (Å²) in [5.41, 5.74) is 0.212. The summed E-state index contributed by atoms with van der Waals surface area (Å²) in [6, 6.07) is 8.40. The number of aromatic nitrogens is 1. The Balaban J connectivity index is 1.96. The average Bonchev–Trinajstić information content (AvgIpc) is 2.58. The van der Waals surface area contributed by atoms with Crippen LogP contribution in [0, 0.1) is 0 Å². The van der Waals surface area contributed by atoms with Gasteiger partial charge in [0.15, 0.2) is 0 Å². The van der Waals surface area contributed by atoms with Crippen LogP contribution in [0.25, 0.3) is 0 Å². The van der Waals surface area contributed by atoms with Gasteiger partial charge in [-0.2, -0.15) is 13.2 Å². The van der Waals surface area contributed by atoms with Crippen LogP contribution < -0.4 is 10.6 Å². The zero-order valence-electron chi connectivity index (χ0n) is 12.6. The number of hydrogen-bond acceptors (Lipinski definition) is 3. The van der Waals surface area contributed by atoms with E-state index < -0.39 is 17.8 Å². The molecule has 1 heterocycles. The van der Waals surface area contributed by atoms with Crippen molar-refractivity contribution in [1.82, 2.24) is 15.6 Å². The summed E-state index contributed by atoms with van der Waals surface area (Å²) < 4.78 is 37.2. The van der Waals surface area contributed by atoms with E-state index in [0.717, 1.165) is 23.9 Å². The molecule has 2 amide bonds. The van der Waals surface area contributed by atoms with Crippen LogP contribution in [-0.2, 0) is 12.7 Å². The molecule has 0 aliphatic carbocycles. The Labute approximate surface area is 135 Å². The maximum absolute atomic E-state index is 12.4. The van der Waals surface area contributed by atoms with E-state index in [4.69, 9.17) is 0 Å². The van der Waals surface area contributed by atoms with Crippen molar-refractivity contribution in [3.05, 3.63) is 65.0 Å². The van der Waals surface area contributed by atoms with Gasteiger partial charge in [0.2, 0.25) is 0 Å². The molecule has 126 valence electrons. The monoisotopic (exact) mass is 337 g/mol. The number of nitrogens with zero attached hydrogens (tertiary/aromatic N) is 1. The van der Waals surface area contributed by atoms with E-state index in [1.54, 1.807) is 24.3 Å². The molecule has 0 aliphatic heterocycles. The van der Waals surface area contributed by atoms with Crippen molar-refractivity contribution < 1.29 is 22.8 Å². The van der Waals surface area contributed by atoms with Gasteiger partial charge in [-0.05, 0) is 29.8 Å². The van der Waals surface area contributed by atoms with Crippen molar-refractivity contribution in [3.63, 3.8) is 0 Å². The van der Waals surface area contributed by atoms with Crippen LogP contribution in [0.3, 0.4) is 0 Å². The standard InChI is InChI=1S/C16H14F3N3O2/c1-20-14(23)11-4-2-10(3-5-11)8-22-15(24)12-6-7-13(21-9-12)16(17,18)19/h2-7,9H,8H2,1H3,(H,20,23)(H,22,24). The summed E-state index contributed by atoms with van der Waals surface area (Å²) in [5.74, 6) is -0.756. The number of alkyl halides is 3. The number of carbonyl (C=O) groups excluding carboxylic acids is 2.